The average Bonchev–Trinajstić information content (AvgIpc) is 2.76. The summed E-state index contributed by atoms with van der Waals surface area (Å²) in [5.74, 6) is -1.06. The second kappa shape index (κ2) is 10.3. The van der Waals surface area contributed by atoms with E-state index in [0.29, 0.717) is 6.07 Å². The number of benzene rings is 2. The summed E-state index contributed by atoms with van der Waals surface area (Å²) in [5.41, 5.74) is -0.770. The molecule has 0 unspecified atom stereocenters. The molecule has 0 aliphatic carbocycles. The lowest BCUT2D eigenvalue weighted by molar-refractivity contribution is 0.272. The van der Waals surface area contributed by atoms with Crippen molar-refractivity contribution in [2.45, 2.75) is 31.2 Å². The first-order valence-corrected chi connectivity index (χ1v) is 9.65. The fourth-order valence-electron chi connectivity index (χ4n) is 2.08. The Hall–Kier alpha value is -2.29. The first-order valence-electron chi connectivity index (χ1n) is 13.6. The van der Waals surface area contributed by atoms with Crippen LogP contribution in [0, 0.1) is 0 Å². The number of hydrogen-bond donors (Lipinski definition) is 2. The lowest BCUT2D eigenvalue weighted by Crippen LogP contribution is -2.32. The van der Waals surface area contributed by atoms with Crippen LogP contribution in [-0.2, 0) is 16.4 Å². The Morgan fingerprint density at radius 3 is 2.61 bits per heavy atom. The van der Waals surface area contributed by atoms with E-state index in [-0.39, 0.29) is 18.1 Å². The summed E-state index contributed by atoms with van der Waals surface area (Å²) in [7, 11) is -8.01. The van der Waals surface area contributed by atoms with Crippen LogP contribution in [0.15, 0.2) is 47.3 Å². The molecular weight excluding hydrogens is 380 g/mol. The third-order valence-corrected chi connectivity index (χ3v) is 4.16. The van der Waals surface area contributed by atoms with E-state index in [0.717, 1.165) is 6.92 Å². The van der Waals surface area contributed by atoms with Crippen molar-refractivity contribution >= 4 is 10.0 Å². The summed E-state index contributed by atoms with van der Waals surface area (Å²) in [6.07, 6.45) is -2.84. The molecule has 7 nitrogen and oxygen atoms in total. The summed E-state index contributed by atoms with van der Waals surface area (Å²) >= 11 is 0. The van der Waals surface area contributed by atoms with Crippen molar-refractivity contribution in [3.8, 4) is 17.2 Å². The first-order chi connectivity index (χ1) is 17.5. The van der Waals surface area contributed by atoms with Crippen molar-refractivity contribution in [3.63, 3.8) is 0 Å². The Kier molecular flexibility index (Phi) is 4.06. The molecule has 0 aliphatic rings. The number of ether oxygens (including phenoxy) is 3. The number of hydrogen-bond acceptors (Lipinski definition) is 6. The maximum atomic E-state index is 12.2. The summed E-state index contributed by atoms with van der Waals surface area (Å²) in [6, 6.07) is 2.75. The Labute approximate surface area is 182 Å². The van der Waals surface area contributed by atoms with Crippen molar-refractivity contribution in [2.75, 3.05) is 26.7 Å². The predicted molar refractivity (Wildman–Crippen MR) is 109 cm³/mol. The zero-order valence-electron chi connectivity index (χ0n) is 26.2. The average molecular weight is 420 g/mol. The topological polar surface area (TPSA) is 99.9 Å². The van der Waals surface area contributed by atoms with E-state index in [9.17, 15) is 8.42 Å². The number of rotatable bonds is 11. The van der Waals surface area contributed by atoms with Crippen molar-refractivity contribution in [3.05, 3.63) is 48.0 Å². The van der Waals surface area contributed by atoms with Crippen LogP contribution in [0.1, 0.15) is 34.5 Å². The monoisotopic (exact) mass is 419 g/mol. The van der Waals surface area contributed by atoms with Gasteiger partial charge in [-0.1, -0.05) is 18.2 Å². The van der Waals surface area contributed by atoms with Gasteiger partial charge >= 0.3 is 0 Å². The molecule has 28 heavy (non-hydrogen) atoms. The Bertz CT molecular complexity index is 1300. The van der Waals surface area contributed by atoms with Crippen molar-refractivity contribution in [1.29, 1.82) is 0 Å². The number of sulfonamides is 1. The minimum atomic E-state index is -4.79. The Morgan fingerprint density at radius 1 is 1.25 bits per heavy atom. The second-order valence-corrected chi connectivity index (χ2v) is 6.90. The standard InChI is InChI=1S/C20H28N2O5S/c1-4-26-17-7-5-6-8-18(17)27-12-11-22-15(2)13-16-9-10-19(25-3)20(14-16)28(21,23)24/h5-10,14-15,22H,4,11-13H2,1-3H3,(H2,21,23,24)/t15-/m1/s1/i3D3,9D,10D,11D2,12D2,13D2. The SMILES string of the molecule is [2H]c1c(C([2H])([2H])[C@@H](C)NC([2H])([2H])C([2H])([2H])Oc2ccccc2OCC)cc(S(N)(=O)=O)c(OC([2H])([2H])[2H])c1[2H]. The number of para-hydroxylation sites is 2. The molecule has 1 atom stereocenters. The third-order valence-electron chi connectivity index (χ3n) is 3.24. The number of primary sulfonamides is 1. The zero-order valence-corrected chi connectivity index (χ0v) is 16.0. The van der Waals surface area contributed by atoms with E-state index in [2.05, 4.69) is 10.1 Å². The molecule has 0 heterocycles. The summed E-state index contributed by atoms with van der Waals surface area (Å²) < 4.78 is 127. The van der Waals surface area contributed by atoms with Crippen LogP contribution < -0.4 is 24.7 Å². The maximum Gasteiger partial charge on any atom is 0.241 e. The normalized spacial score (nSPS) is 20.2. The molecular formula is C20H28N2O5S. The first kappa shape index (κ1) is 11.0. The van der Waals surface area contributed by atoms with E-state index >= 15 is 0 Å². The van der Waals surface area contributed by atoms with Gasteiger partial charge in [0.2, 0.25) is 10.0 Å². The number of nitrogens with two attached hydrogens (primary N) is 1. The van der Waals surface area contributed by atoms with Gasteiger partial charge in [0.05, 0.1) is 23.2 Å². The highest BCUT2D eigenvalue weighted by molar-refractivity contribution is 7.89. The fraction of sp³-hybridized carbons (Fsp3) is 0.400. The van der Waals surface area contributed by atoms with E-state index < -0.39 is 70.8 Å². The highest BCUT2D eigenvalue weighted by atomic mass is 32.2. The van der Waals surface area contributed by atoms with Gasteiger partial charge in [-0.25, -0.2) is 13.6 Å². The second-order valence-electron chi connectivity index (χ2n) is 5.37. The number of nitrogens with one attached hydrogen (secondary N) is 1. The molecule has 0 amide bonds. The van der Waals surface area contributed by atoms with Crippen LogP contribution in [0.25, 0.3) is 0 Å². The molecule has 2 aromatic carbocycles. The van der Waals surface area contributed by atoms with E-state index in [1.165, 1.54) is 18.2 Å². The lowest BCUT2D eigenvalue weighted by Gasteiger charge is -2.16. The minimum Gasteiger partial charge on any atom is -0.495 e. The molecule has 154 valence electrons. The van der Waals surface area contributed by atoms with Gasteiger partial charge in [0.15, 0.2) is 11.5 Å². The van der Waals surface area contributed by atoms with E-state index in [1.807, 2.05) is 0 Å². The molecule has 0 bridgehead atoms. The zero-order chi connectivity index (χ0) is 30.2. The van der Waals surface area contributed by atoms with Gasteiger partial charge in [-0.05, 0) is 50.0 Å². The summed E-state index contributed by atoms with van der Waals surface area (Å²) in [4.78, 5) is -1.07. The van der Waals surface area contributed by atoms with Crippen molar-refractivity contribution in [2.24, 2.45) is 5.14 Å². The summed E-state index contributed by atoms with van der Waals surface area (Å²) in [5, 5.41) is 7.27. The van der Waals surface area contributed by atoms with E-state index in [1.54, 1.807) is 13.0 Å². The van der Waals surface area contributed by atoms with Crippen LogP contribution in [0.4, 0.5) is 0 Å². The lowest BCUT2D eigenvalue weighted by atomic mass is 10.1. The van der Waals surface area contributed by atoms with Gasteiger partial charge in [-0.2, -0.15) is 0 Å². The highest BCUT2D eigenvalue weighted by Crippen LogP contribution is 2.26. The molecule has 0 spiro atoms. The van der Waals surface area contributed by atoms with Gasteiger partial charge < -0.3 is 19.5 Å². The molecule has 0 saturated carbocycles. The van der Waals surface area contributed by atoms with Gasteiger partial charge in [0.1, 0.15) is 17.2 Å². The van der Waals surface area contributed by atoms with Crippen LogP contribution in [0.5, 0.6) is 17.2 Å². The molecule has 0 fully saturated rings. The van der Waals surface area contributed by atoms with Crippen LogP contribution >= 0.6 is 0 Å². The Morgan fingerprint density at radius 2 is 1.96 bits per heavy atom. The highest BCUT2D eigenvalue weighted by Gasteiger charge is 2.16. The molecule has 0 aliphatic heterocycles. The van der Waals surface area contributed by atoms with Crippen molar-refractivity contribution in [1.82, 2.24) is 5.32 Å². The number of methoxy groups -OCH3 is 1. The largest absolute Gasteiger partial charge is 0.495 e. The third kappa shape index (κ3) is 6.40. The molecule has 3 N–H and O–H groups in total. The smallest absolute Gasteiger partial charge is 0.241 e. The summed E-state index contributed by atoms with van der Waals surface area (Å²) in [6.45, 7) is -3.21. The van der Waals surface area contributed by atoms with Crippen LogP contribution in [0.3, 0.4) is 0 Å². The van der Waals surface area contributed by atoms with Gasteiger partial charge in [-0.3, -0.25) is 0 Å². The minimum absolute atomic E-state index is 0.124. The fourth-order valence-corrected chi connectivity index (χ4v) is 2.71. The van der Waals surface area contributed by atoms with E-state index in [4.69, 9.17) is 29.7 Å². The predicted octanol–water partition coefficient (Wildman–Crippen LogP) is 2.34. The Balaban J connectivity index is 2.50. The van der Waals surface area contributed by atoms with Crippen LogP contribution in [0.2, 0.25) is 0 Å². The van der Waals surface area contributed by atoms with Gasteiger partial charge in [0, 0.05) is 18.0 Å². The molecule has 2 rings (SSSR count). The van der Waals surface area contributed by atoms with Gasteiger partial charge in [0.25, 0.3) is 0 Å². The molecule has 8 heteroatoms. The molecule has 0 radical (unpaired) electrons. The van der Waals surface area contributed by atoms with Crippen molar-refractivity contribution < 1.29 is 37.7 Å². The molecule has 0 saturated heterocycles. The van der Waals surface area contributed by atoms with Gasteiger partial charge in [-0.15, -0.1) is 0 Å². The molecule has 0 aromatic heterocycles. The van der Waals surface area contributed by atoms with Crippen LogP contribution in [-0.4, -0.2) is 41.2 Å². The molecule has 2 aromatic rings. The maximum absolute atomic E-state index is 12.2. The quantitative estimate of drug-likeness (QED) is 0.580.